The van der Waals surface area contributed by atoms with E-state index in [0.29, 0.717) is 18.0 Å². The number of nitrogens with two attached hydrogens (primary N) is 1. The highest BCUT2D eigenvalue weighted by molar-refractivity contribution is 6.33. The van der Waals surface area contributed by atoms with E-state index in [1.54, 1.807) is 0 Å². The molecule has 0 aromatic heterocycles. The lowest BCUT2D eigenvalue weighted by molar-refractivity contribution is 0.254. The Morgan fingerprint density at radius 3 is 3.07 bits per heavy atom. The zero-order valence-electron chi connectivity index (χ0n) is 8.59. The van der Waals surface area contributed by atoms with Gasteiger partial charge in [-0.1, -0.05) is 11.6 Å². The molecule has 0 bridgehead atoms. The van der Waals surface area contributed by atoms with Gasteiger partial charge in [0.15, 0.2) is 0 Å². The van der Waals surface area contributed by atoms with Crippen LogP contribution in [0.3, 0.4) is 0 Å². The van der Waals surface area contributed by atoms with E-state index >= 15 is 0 Å². The van der Waals surface area contributed by atoms with E-state index in [2.05, 4.69) is 0 Å². The van der Waals surface area contributed by atoms with Crippen molar-refractivity contribution in [3.8, 4) is 11.5 Å². The van der Waals surface area contributed by atoms with Gasteiger partial charge >= 0.3 is 0 Å². The zero-order chi connectivity index (χ0) is 11.0. The van der Waals surface area contributed by atoms with Crippen LogP contribution >= 0.6 is 11.6 Å². The van der Waals surface area contributed by atoms with Crippen LogP contribution in [0.1, 0.15) is 18.1 Å². The summed E-state index contributed by atoms with van der Waals surface area (Å²) in [6, 6.07) is 1.84. The number of fused-ring (bicyclic) bond motifs is 1. The molecule has 0 saturated heterocycles. The maximum atomic E-state index is 9.84. The van der Waals surface area contributed by atoms with Gasteiger partial charge in [-0.2, -0.15) is 0 Å². The molecule has 1 aliphatic rings. The summed E-state index contributed by atoms with van der Waals surface area (Å²) in [7, 11) is 0. The Morgan fingerprint density at radius 2 is 2.40 bits per heavy atom. The second-order valence-corrected chi connectivity index (χ2v) is 4.22. The summed E-state index contributed by atoms with van der Waals surface area (Å²) in [4.78, 5) is 0. The van der Waals surface area contributed by atoms with Gasteiger partial charge in [-0.3, -0.25) is 0 Å². The second-order valence-electron chi connectivity index (χ2n) is 3.85. The number of phenols is 1. The molecule has 0 amide bonds. The van der Waals surface area contributed by atoms with Crippen molar-refractivity contribution in [2.45, 2.75) is 25.9 Å². The van der Waals surface area contributed by atoms with Crippen molar-refractivity contribution < 1.29 is 9.84 Å². The summed E-state index contributed by atoms with van der Waals surface area (Å²) in [5, 5.41) is 10.3. The van der Waals surface area contributed by atoms with Crippen LogP contribution in [0.5, 0.6) is 11.5 Å². The summed E-state index contributed by atoms with van der Waals surface area (Å²) >= 11 is 6.07. The molecule has 15 heavy (non-hydrogen) atoms. The molecule has 1 heterocycles. The van der Waals surface area contributed by atoms with Crippen molar-refractivity contribution in [2.24, 2.45) is 5.73 Å². The number of ether oxygens (including phenoxy) is 1. The monoisotopic (exact) mass is 227 g/mol. The topological polar surface area (TPSA) is 55.5 Å². The van der Waals surface area contributed by atoms with Gasteiger partial charge in [0.25, 0.3) is 0 Å². The smallest absolute Gasteiger partial charge is 0.137 e. The minimum Gasteiger partial charge on any atom is -0.506 e. The number of aromatic hydroxyl groups is 1. The predicted molar refractivity (Wildman–Crippen MR) is 59.7 cm³/mol. The first-order chi connectivity index (χ1) is 7.13. The lowest BCUT2D eigenvalue weighted by Crippen LogP contribution is -2.05. The molecule has 0 spiro atoms. The van der Waals surface area contributed by atoms with Crippen LogP contribution in [-0.4, -0.2) is 17.8 Å². The molecule has 82 valence electrons. The van der Waals surface area contributed by atoms with E-state index in [9.17, 15) is 5.11 Å². The maximum Gasteiger partial charge on any atom is 0.137 e. The van der Waals surface area contributed by atoms with Crippen molar-refractivity contribution >= 4 is 11.6 Å². The Labute approximate surface area is 93.8 Å². The molecule has 3 N–H and O–H groups in total. The molecule has 0 saturated carbocycles. The number of hydrogen-bond donors (Lipinski definition) is 2. The first-order valence-electron chi connectivity index (χ1n) is 5.03. The number of rotatable bonds is 2. The largest absolute Gasteiger partial charge is 0.506 e. The van der Waals surface area contributed by atoms with Gasteiger partial charge in [0.2, 0.25) is 0 Å². The van der Waals surface area contributed by atoms with Gasteiger partial charge in [0.05, 0.1) is 5.02 Å². The fourth-order valence-corrected chi connectivity index (χ4v) is 2.18. The minimum atomic E-state index is 0.130. The fraction of sp³-hybridized carbons (Fsp3) is 0.455. The summed E-state index contributed by atoms with van der Waals surface area (Å²) < 4.78 is 5.59. The van der Waals surface area contributed by atoms with Gasteiger partial charge in [-0.05, 0) is 26.0 Å². The highest BCUT2D eigenvalue weighted by Gasteiger charge is 2.25. The molecule has 1 unspecified atom stereocenters. The molecule has 0 radical (unpaired) electrons. The van der Waals surface area contributed by atoms with Crippen LogP contribution in [0.15, 0.2) is 6.07 Å². The predicted octanol–water partition coefficient (Wildman–Crippen LogP) is 1.87. The molecule has 0 aliphatic carbocycles. The maximum absolute atomic E-state index is 9.84. The van der Waals surface area contributed by atoms with E-state index < -0.39 is 0 Å². The van der Waals surface area contributed by atoms with Crippen molar-refractivity contribution in [3.63, 3.8) is 0 Å². The van der Waals surface area contributed by atoms with Gasteiger partial charge < -0.3 is 15.6 Å². The summed E-state index contributed by atoms with van der Waals surface area (Å²) in [5.41, 5.74) is 7.12. The van der Waals surface area contributed by atoms with Crippen LogP contribution in [0.2, 0.25) is 5.02 Å². The van der Waals surface area contributed by atoms with Gasteiger partial charge in [0, 0.05) is 17.5 Å². The van der Waals surface area contributed by atoms with E-state index in [1.807, 2.05) is 13.0 Å². The van der Waals surface area contributed by atoms with Crippen LogP contribution in [0.4, 0.5) is 0 Å². The Kier molecular flexibility index (Phi) is 2.76. The van der Waals surface area contributed by atoms with Gasteiger partial charge in [-0.15, -0.1) is 0 Å². The molecule has 1 atom stereocenters. The van der Waals surface area contributed by atoms with Gasteiger partial charge in [-0.25, -0.2) is 0 Å². The Hall–Kier alpha value is -0.930. The molecular formula is C11H14ClNO2. The average molecular weight is 228 g/mol. The Morgan fingerprint density at radius 1 is 1.67 bits per heavy atom. The van der Waals surface area contributed by atoms with E-state index in [0.717, 1.165) is 23.3 Å². The second kappa shape index (κ2) is 3.91. The molecular weight excluding hydrogens is 214 g/mol. The molecule has 2 rings (SSSR count). The minimum absolute atomic E-state index is 0.130. The number of hydrogen-bond acceptors (Lipinski definition) is 3. The van der Waals surface area contributed by atoms with Crippen LogP contribution in [0, 0.1) is 0 Å². The molecule has 4 heteroatoms. The van der Waals surface area contributed by atoms with Crippen molar-refractivity contribution in [1.29, 1.82) is 0 Å². The number of phenolic OH excluding ortho intramolecular Hbond substituents is 1. The Balaban J connectivity index is 2.47. The van der Waals surface area contributed by atoms with E-state index in [1.165, 1.54) is 0 Å². The highest BCUT2D eigenvalue weighted by atomic mass is 35.5. The summed E-state index contributed by atoms with van der Waals surface area (Å²) in [5.74, 6) is 0.937. The van der Waals surface area contributed by atoms with Crippen molar-refractivity contribution in [3.05, 3.63) is 22.2 Å². The highest BCUT2D eigenvalue weighted by Crippen LogP contribution is 2.42. The van der Waals surface area contributed by atoms with Crippen LogP contribution < -0.4 is 10.5 Å². The number of benzene rings is 1. The van der Waals surface area contributed by atoms with Crippen LogP contribution in [-0.2, 0) is 12.8 Å². The normalized spacial score (nSPS) is 18.7. The molecule has 1 aliphatic heterocycles. The fourth-order valence-electron chi connectivity index (χ4n) is 1.89. The van der Waals surface area contributed by atoms with Crippen LogP contribution in [0.25, 0.3) is 0 Å². The molecule has 3 nitrogen and oxygen atoms in total. The third kappa shape index (κ3) is 1.77. The SMILES string of the molecule is CC1Cc2c(cc(CCN)c(O)c2Cl)O1. The lowest BCUT2D eigenvalue weighted by Gasteiger charge is -2.09. The molecule has 0 fully saturated rings. The quantitative estimate of drug-likeness (QED) is 0.811. The summed E-state index contributed by atoms with van der Waals surface area (Å²) in [6.07, 6.45) is 1.49. The van der Waals surface area contributed by atoms with Crippen molar-refractivity contribution in [1.82, 2.24) is 0 Å². The average Bonchev–Trinajstić information content (AvgIpc) is 2.56. The lowest BCUT2D eigenvalue weighted by atomic mass is 10.0. The van der Waals surface area contributed by atoms with Crippen molar-refractivity contribution in [2.75, 3.05) is 6.54 Å². The van der Waals surface area contributed by atoms with E-state index in [4.69, 9.17) is 22.1 Å². The molecule has 1 aromatic carbocycles. The third-order valence-corrected chi connectivity index (χ3v) is 3.02. The first kappa shape index (κ1) is 10.6. The third-order valence-electron chi connectivity index (χ3n) is 2.61. The van der Waals surface area contributed by atoms with E-state index in [-0.39, 0.29) is 11.9 Å². The molecule has 1 aromatic rings. The number of halogens is 1. The first-order valence-corrected chi connectivity index (χ1v) is 5.41. The summed E-state index contributed by atoms with van der Waals surface area (Å²) in [6.45, 7) is 2.47. The standard InChI is InChI=1S/C11H14ClNO2/c1-6-4-8-9(15-6)5-7(2-3-13)11(14)10(8)12/h5-6,14H,2-4,13H2,1H3. The zero-order valence-corrected chi connectivity index (χ0v) is 9.34. The van der Waals surface area contributed by atoms with Gasteiger partial charge in [0.1, 0.15) is 17.6 Å². The Bertz CT molecular complexity index is 392.